The van der Waals surface area contributed by atoms with Crippen LogP contribution in [0.25, 0.3) is 0 Å². The zero-order valence-corrected chi connectivity index (χ0v) is 12.6. The molecule has 0 spiro atoms. The third kappa shape index (κ3) is 5.47. The van der Waals surface area contributed by atoms with Crippen LogP contribution >= 0.6 is 11.8 Å². The standard InChI is InChI=1S/C12H18N2S.2ClH/c1-10-4-3-5-12(13-10)15-11-6-8-14(2)9-7-11;;/h3-5,11H,6-9H2,1-2H3;2*1H. The zero-order valence-electron chi connectivity index (χ0n) is 10.3. The molecule has 17 heavy (non-hydrogen) atoms. The number of hydrogen-bond acceptors (Lipinski definition) is 1. The molecule has 0 aliphatic carbocycles. The van der Waals surface area contributed by atoms with Gasteiger partial charge in [-0.05, 0) is 6.07 Å². The van der Waals surface area contributed by atoms with Crippen LogP contribution in [-0.4, -0.2) is 25.4 Å². The molecule has 0 saturated carbocycles. The van der Waals surface area contributed by atoms with E-state index in [1.165, 1.54) is 36.7 Å². The minimum atomic E-state index is 0. The molecule has 2 rings (SSSR count). The molecule has 0 radical (unpaired) electrons. The summed E-state index contributed by atoms with van der Waals surface area (Å²) in [5.74, 6) is 0. The number of halogens is 2. The molecule has 0 unspecified atom stereocenters. The highest BCUT2D eigenvalue weighted by Crippen LogP contribution is 2.24. The number of aryl methyl sites for hydroxylation is 1. The first-order chi connectivity index (χ1) is 7.24. The summed E-state index contributed by atoms with van der Waals surface area (Å²) in [6.45, 7) is 4.76. The van der Waals surface area contributed by atoms with Gasteiger partial charge in [0.15, 0.2) is 5.69 Å². The Morgan fingerprint density at radius 2 is 1.88 bits per heavy atom. The van der Waals surface area contributed by atoms with E-state index in [2.05, 4.69) is 37.2 Å². The normalized spacial score (nSPS) is 23.4. The fourth-order valence-corrected chi connectivity index (χ4v) is 3.22. The quantitative estimate of drug-likeness (QED) is 0.577. The third-order valence-electron chi connectivity index (χ3n) is 2.99. The second-order valence-electron chi connectivity index (χ2n) is 4.47. The zero-order chi connectivity index (χ0) is 10.7. The predicted molar refractivity (Wildman–Crippen MR) is 63.2 cm³/mol. The van der Waals surface area contributed by atoms with Gasteiger partial charge in [-0.3, -0.25) is 0 Å². The minimum Gasteiger partial charge on any atom is -1.00 e. The van der Waals surface area contributed by atoms with Crippen molar-refractivity contribution >= 4 is 11.8 Å². The first kappa shape index (κ1) is 17.0. The van der Waals surface area contributed by atoms with Gasteiger partial charge in [-0.15, -0.1) is 0 Å². The van der Waals surface area contributed by atoms with E-state index in [9.17, 15) is 0 Å². The van der Waals surface area contributed by atoms with Crippen molar-refractivity contribution in [3.8, 4) is 0 Å². The second kappa shape index (κ2) is 8.20. The number of pyridine rings is 1. The molecule has 2 heterocycles. The lowest BCUT2D eigenvalue weighted by molar-refractivity contribution is -0.884. The van der Waals surface area contributed by atoms with Crippen LogP contribution in [0.3, 0.4) is 0 Å². The van der Waals surface area contributed by atoms with Crippen LogP contribution in [0.4, 0.5) is 0 Å². The highest BCUT2D eigenvalue weighted by Gasteiger charge is 2.22. The van der Waals surface area contributed by atoms with E-state index < -0.39 is 0 Å². The maximum absolute atomic E-state index is 3.42. The third-order valence-corrected chi connectivity index (χ3v) is 4.29. The predicted octanol–water partition coefficient (Wildman–Crippen LogP) is -5.41. The monoisotopic (exact) mass is 294 g/mol. The summed E-state index contributed by atoms with van der Waals surface area (Å²) in [6.07, 6.45) is 2.69. The maximum atomic E-state index is 3.42. The molecule has 1 aliphatic rings. The molecule has 0 amide bonds. The van der Waals surface area contributed by atoms with Crippen LogP contribution < -0.4 is 34.7 Å². The molecular formula is C12H20Cl2N2S. The number of thioether (sulfide) groups is 1. The fraction of sp³-hybridized carbons (Fsp3) is 0.583. The van der Waals surface area contributed by atoms with Crippen molar-refractivity contribution in [3.63, 3.8) is 0 Å². The molecule has 0 atom stereocenters. The van der Waals surface area contributed by atoms with E-state index in [0.717, 1.165) is 5.25 Å². The van der Waals surface area contributed by atoms with Crippen LogP contribution in [0.1, 0.15) is 18.5 Å². The Balaban J connectivity index is 0.00000128. The largest absolute Gasteiger partial charge is 1.00 e. The average Bonchev–Trinajstić information content (AvgIpc) is 2.22. The Kier molecular flexibility index (Phi) is 8.22. The van der Waals surface area contributed by atoms with Crippen LogP contribution in [0, 0.1) is 6.92 Å². The van der Waals surface area contributed by atoms with Crippen molar-refractivity contribution in [2.24, 2.45) is 0 Å². The van der Waals surface area contributed by atoms with Crippen molar-refractivity contribution in [3.05, 3.63) is 23.9 Å². The summed E-state index contributed by atoms with van der Waals surface area (Å²) in [4.78, 5) is 5.10. The molecular weight excluding hydrogens is 275 g/mol. The summed E-state index contributed by atoms with van der Waals surface area (Å²) in [6, 6.07) is 6.43. The lowest BCUT2D eigenvalue weighted by Gasteiger charge is -2.24. The van der Waals surface area contributed by atoms with E-state index in [0.29, 0.717) is 0 Å². The van der Waals surface area contributed by atoms with E-state index >= 15 is 0 Å². The van der Waals surface area contributed by atoms with Crippen molar-refractivity contribution in [2.45, 2.75) is 30.0 Å². The van der Waals surface area contributed by atoms with Gasteiger partial charge in [-0.2, -0.15) is 0 Å². The summed E-state index contributed by atoms with van der Waals surface area (Å²) in [7, 11) is 2.29. The number of aromatic amines is 1. The Labute approximate surface area is 120 Å². The van der Waals surface area contributed by atoms with E-state index in [1.54, 1.807) is 4.90 Å². The summed E-state index contributed by atoms with van der Waals surface area (Å²) >= 11 is 2.01. The number of nitrogens with one attached hydrogen (secondary N) is 2. The molecule has 5 heteroatoms. The minimum absolute atomic E-state index is 0. The van der Waals surface area contributed by atoms with Crippen molar-refractivity contribution in [2.75, 3.05) is 20.1 Å². The number of rotatable bonds is 2. The molecule has 1 aromatic heterocycles. The molecule has 0 aromatic carbocycles. The Morgan fingerprint density at radius 1 is 1.24 bits per heavy atom. The van der Waals surface area contributed by atoms with Crippen LogP contribution in [0.2, 0.25) is 0 Å². The first-order valence-electron chi connectivity index (χ1n) is 5.71. The van der Waals surface area contributed by atoms with Gasteiger partial charge < -0.3 is 29.7 Å². The Morgan fingerprint density at radius 3 is 2.47 bits per heavy atom. The van der Waals surface area contributed by atoms with Crippen LogP contribution in [0.15, 0.2) is 23.2 Å². The highest BCUT2D eigenvalue weighted by molar-refractivity contribution is 7.99. The SMILES string of the molecule is Cc1cccc(SC2CC[NH+](C)CC2)[nH+]1.[Cl-].[Cl-]. The molecule has 2 N–H and O–H groups in total. The number of quaternary nitrogens is 1. The van der Waals surface area contributed by atoms with Gasteiger partial charge in [0.25, 0.3) is 0 Å². The second-order valence-corrected chi connectivity index (χ2v) is 5.81. The van der Waals surface area contributed by atoms with E-state index in [-0.39, 0.29) is 24.8 Å². The Hall–Kier alpha value is 0.0400. The molecule has 1 aliphatic heterocycles. The van der Waals surface area contributed by atoms with E-state index in [1.807, 2.05) is 11.8 Å². The summed E-state index contributed by atoms with van der Waals surface area (Å²) in [5.41, 5.74) is 1.25. The first-order valence-corrected chi connectivity index (χ1v) is 6.59. The molecule has 0 bridgehead atoms. The van der Waals surface area contributed by atoms with Crippen molar-refractivity contribution < 1.29 is 34.7 Å². The van der Waals surface area contributed by atoms with Crippen LogP contribution in [0.5, 0.6) is 0 Å². The van der Waals surface area contributed by atoms with Gasteiger partial charge in [-0.25, -0.2) is 4.98 Å². The van der Waals surface area contributed by atoms with Gasteiger partial charge in [0.05, 0.1) is 20.1 Å². The molecule has 1 fully saturated rings. The topological polar surface area (TPSA) is 18.6 Å². The van der Waals surface area contributed by atoms with Crippen molar-refractivity contribution in [1.82, 2.24) is 0 Å². The van der Waals surface area contributed by atoms with E-state index in [4.69, 9.17) is 0 Å². The molecule has 98 valence electrons. The molecule has 1 saturated heterocycles. The van der Waals surface area contributed by atoms with Gasteiger partial charge >= 0.3 is 0 Å². The number of H-pyrrole nitrogens is 1. The van der Waals surface area contributed by atoms with Gasteiger partial charge in [-0.1, -0.05) is 11.8 Å². The Bertz CT molecular complexity index is 328. The number of likely N-dealkylation sites (tertiary alicyclic amines) is 1. The van der Waals surface area contributed by atoms with Crippen LogP contribution in [-0.2, 0) is 0 Å². The van der Waals surface area contributed by atoms with Gasteiger partial charge in [0.1, 0.15) is 0 Å². The number of aromatic nitrogens is 1. The van der Waals surface area contributed by atoms with Gasteiger partial charge in [0, 0.05) is 37.1 Å². The average molecular weight is 295 g/mol. The van der Waals surface area contributed by atoms with Gasteiger partial charge in [0.2, 0.25) is 5.03 Å². The maximum Gasteiger partial charge on any atom is 0.238 e. The molecule has 1 aromatic rings. The fourth-order valence-electron chi connectivity index (χ4n) is 2.01. The highest BCUT2D eigenvalue weighted by atomic mass is 35.5. The lowest BCUT2D eigenvalue weighted by Crippen LogP contribution is -3.10. The molecule has 2 nitrogen and oxygen atoms in total. The van der Waals surface area contributed by atoms with Crippen molar-refractivity contribution in [1.29, 1.82) is 0 Å². The number of piperidine rings is 1. The lowest BCUT2D eigenvalue weighted by atomic mass is 10.1. The smallest absolute Gasteiger partial charge is 0.238 e. The number of hydrogen-bond donors (Lipinski definition) is 1. The summed E-state index contributed by atoms with van der Waals surface area (Å²) < 4.78 is 0. The summed E-state index contributed by atoms with van der Waals surface area (Å²) in [5, 5.41) is 2.13.